The molecular formula is C24H28N6O5. The molecule has 0 saturated carbocycles. The van der Waals surface area contributed by atoms with Gasteiger partial charge in [-0.1, -0.05) is 6.07 Å². The third kappa shape index (κ3) is 5.94. The summed E-state index contributed by atoms with van der Waals surface area (Å²) in [4.78, 5) is 26.5. The van der Waals surface area contributed by atoms with Gasteiger partial charge in [0.2, 0.25) is 0 Å². The van der Waals surface area contributed by atoms with Crippen LogP contribution in [0.3, 0.4) is 0 Å². The van der Waals surface area contributed by atoms with Crippen LogP contribution < -0.4 is 15.8 Å². The lowest BCUT2D eigenvalue weighted by Crippen LogP contribution is -2.40. The highest BCUT2D eigenvalue weighted by atomic mass is 16.5. The van der Waals surface area contributed by atoms with Crippen LogP contribution in [0.2, 0.25) is 0 Å². The van der Waals surface area contributed by atoms with Gasteiger partial charge in [0.15, 0.2) is 12.2 Å². The summed E-state index contributed by atoms with van der Waals surface area (Å²) in [5, 5.41) is 14.0. The Morgan fingerprint density at radius 3 is 2.91 bits per heavy atom. The lowest BCUT2D eigenvalue weighted by atomic mass is 9.99. The minimum Gasteiger partial charge on any atom is -0.486 e. The number of oxazole rings is 1. The SMILES string of the molecule is NC(=O)c1cc(NC2COC2)nc(CC(O)CN2CCc3cc(OCc4cnco4)ccc3C2)n1. The molecule has 4 N–H and O–H groups in total. The zero-order valence-corrected chi connectivity index (χ0v) is 19.2. The number of nitrogens with zero attached hydrogens (tertiary/aromatic N) is 4. The Morgan fingerprint density at radius 1 is 1.29 bits per heavy atom. The first-order valence-electron chi connectivity index (χ1n) is 11.6. The number of aliphatic hydroxyl groups excluding tert-OH is 1. The molecule has 1 fully saturated rings. The molecule has 1 unspecified atom stereocenters. The Kier molecular flexibility index (Phi) is 6.89. The van der Waals surface area contributed by atoms with Gasteiger partial charge in [0, 0.05) is 32.1 Å². The average molecular weight is 481 g/mol. The van der Waals surface area contributed by atoms with Gasteiger partial charge >= 0.3 is 0 Å². The van der Waals surface area contributed by atoms with Gasteiger partial charge in [0.1, 0.15) is 29.7 Å². The van der Waals surface area contributed by atoms with Crippen molar-refractivity contribution in [1.82, 2.24) is 19.9 Å². The quantitative estimate of drug-likeness (QED) is 0.382. The second-order valence-corrected chi connectivity index (χ2v) is 8.83. The zero-order chi connectivity index (χ0) is 24.2. The molecule has 11 heteroatoms. The van der Waals surface area contributed by atoms with Gasteiger partial charge in [-0.15, -0.1) is 0 Å². The summed E-state index contributed by atoms with van der Waals surface area (Å²) < 4.78 is 16.2. The minimum atomic E-state index is -0.691. The van der Waals surface area contributed by atoms with E-state index in [2.05, 4.69) is 37.3 Å². The lowest BCUT2D eigenvalue weighted by Gasteiger charge is -2.30. The molecule has 1 atom stereocenters. The molecule has 2 aliphatic rings. The number of hydrogen-bond acceptors (Lipinski definition) is 10. The fourth-order valence-corrected chi connectivity index (χ4v) is 4.19. The Labute approximate surface area is 202 Å². The molecule has 184 valence electrons. The Morgan fingerprint density at radius 2 is 2.17 bits per heavy atom. The zero-order valence-electron chi connectivity index (χ0n) is 19.2. The van der Waals surface area contributed by atoms with Crippen LogP contribution in [0.1, 0.15) is 33.2 Å². The predicted octanol–water partition coefficient (Wildman–Crippen LogP) is 0.915. The second kappa shape index (κ2) is 10.4. The maximum absolute atomic E-state index is 11.7. The number of amides is 1. The van der Waals surface area contributed by atoms with Gasteiger partial charge in [-0.3, -0.25) is 9.69 Å². The summed E-state index contributed by atoms with van der Waals surface area (Å²) in [6, 6.07) is 7.74. The third-order valence-electron chi connectivity index (χ3n) is 6.04. The van der Waals surface area contributed by atoms with Gasteiger partial charge in [-0.2, -0.15) is 0 Å². The van der Waals surface area contributed by atoms with E-state index in [1.165, 1.54) is 23.6 Å². The van der Waals surface area contributed by atoms with Crippen molar-refractivity contribution in [2.45, 2.75) is 38.1 Å². The van der Waals surface area contributed by atoms with Crippen LogP contribution in [-0.2, 0) is 30.7 Å². The number of hydrogen-bond donors (Lipinski definition) is 3. The van der Waals surface area contributed by atoms with Crippen LogP contribution in [0.15, 0.2) is 41.3 Å². The molecule has 2 aromatic heterocycles. The first kappa shape index (κ1) is 23.2. The van der Waals surface area contributed by atoms with Crippen LogP contribution in [0.5, 0.6) is 5.75 Å². The molecule has 5 rings (SSSR count). The van der Waals surface area contributed by atoms with E-state index in [9.17, 15) is 9.90 Å². The first-order chi connectivity index (χ1) is 17.0. The number of β-amino-alcohol motifs (C(OH)–C–C–N with tert-alkyl or cyclic N) is 1. The van der Waals surface area contributed by atoms with Crippen LogP contribution >= 0.6 is 0 Å². The number of carbonyl (C=O) groups is 1. The van der Waals surface area contributed by atoms with Crippen molar-refractivity contribution in [3.63, 3.8) is 0 Å². The summed E-state index contributed by atoms with van der Waals surface area (Å²) in [7, 11) is 0. The summed E-state index contributed by atoms with van der Waals surface area (Å²) in [5.41, 5.74) is 8.00. The van der Waals surface area contributed by atoms with E-state index in [4.69, 9.17) is 19.6 Å². The second-order valence-electron chi connectivity index (χ2n) is 8.83. The van der Waals surface area contributed by atoms with Gasteiger partial charge in [0.05, 0.1) is 31.6 Å². The number of primary amides is 1. The Bertz CT molecular complexity index is 1170. The number of benzene rings is 1. The molecule has 1 amide bonds. The van der Waals surface area contributed by atoms with Crippen molar-refractivity contribution < 1.29 is 23.8 Å². The summed E-state index contributed by atoms with van der Waals surface area (Å²) in [5.74, 6) is 1.72. The number of carbonyl (C=O) groups excluding carboxylic acids is 1. The highest BCUT2D eigenvalue weighted by Crippen LogP contribution is 2.25. The van der Waals surface area contributed by atoms with Crippen molar-refractivity contribution in [3.8, 4) is 5.75 Å². The molecule has 0 aliphatic carbocycles. The molecule has 3 aromatic rings. The third-order valence-corrected chi connectivity index (χ3v) is 6.04. The van der Waals surface area contributed by atoms with Gasteiger partial charge in [0.25, 0.3) is 5.91 Å². The van der Waals surface area contributed by atoms with Crippen molar-refractivity contribution in [1.29, 1.82) is 0 Å². The number of anilines is 1. The normalized spacial score (nSPS) is 16.8. The number of aliphatic hydroxyl groups is 1. The van der Waals surface area contributed by atoms with Gasteiger partial charge < -0.3 is 30.0 Å². The number of nitrogens with one attached hydrogen (secondary N) is 1. The number of fused-ring (bicyclic) bond motifs is 1. The standard InChI is InChI=1S/C24H28N6O5/c25-24(32)21-7-23(27-17-11-33-12-17)29-22(28-21)6-18(31)10-30-4-3-15-5-19(2-1-16(15)9-30)34-13-20-8-26-14-35-20/h1-2,5,7-8,14,17-18,31H,3-4,6,9-13H2,(H2,25,32)(H,27,28,29). The summed E-state index contributed by atoms with van der Waals surface area (Å²) in [6.07, 6.45) is 3.40. The topological polar surface area (TPSA) is 149 Å². The maximum Gasteiger partial charge on any atom is 0.267 e. The maximum atomic E-state index is 11.7. The van der Waals surface area contributed by atoms with E-state index in [-0.39, 0.29) is 18.2 Å². The molecule has 2 aliphatic heterocycles. The molecule has 0 spiro atoms. The van der Waals surface area contributed by atoms with Crippen molar-refractivity contribution in [2.24, 2.45) is 5.73 Å². The number of ether oxygens (including phenoxy) is 2. The van der Waals surface area contributed by atoms with E-state index in [0.717, 1.165) is 25.3 Å². The van der Waals surface area contributed by atoms with Crippen LogP contribution in [0.25, 0.3) is 0 Å². The summed E-state index contributed by atoms with van der Waals surface area (Å²) >= 11 is 0. The highest BCUT2D eigenvalue weighted by Gasteiger charge is 2.22. The molecule has 0 radical (unpaired) electrons. The molecule has 11 nitrogen and oxygen atoms in total. The Hall–Kier alpha value is -3.54. The predicted molar refractivity (Wildman–Crippen MR) is 125 cm³/mol. The molecule has 0 bridgehead atoms. The fourth-order valence-electron chi connectivity index (χ4n) is 4.19. The molecule has 1 aromatic carbocycles. The largest absolute Gasteiger partial charge is 0.486 e. The Balaban J connectivity index is 1.17. The highest BCUT2D eigenvalue weighted by molar-refractivity contribution is 5.91. The van der Waals surface area contributed by atoms with Gasteiger partial charge in [-0.25, -0.2) is 15.0 Å². The number of rotatable bonds is 10. The number of nitrogens with two attached hydrogens (primary N) is 1. The fraction of sp³-hybridized carbons (Fsp3) is 0.417. The molecular weight excluding hydrogens is 452 g/mol. The lowest BCUT2D eigenvalue weighted by molar-refractivity contribution is 0.0209. The molecule has 35 heavy (non-hydrogen) atoms. The number of aromatic nitrogens is 3. The van der Waals surface area contributed by atoms with E-state index in [1.54, 1.807) is 6.20 Å². The minimum absolute atomic E-state index is 0.123. The first-order valence-corrected chi connectivity index (χ1v) is 11.6. The van der Waals surface area contributed by atoms with E-state index < -0.39 is 12.0 Å². The van der Waals surface area contributed by atoms with Crippen molar-refractivity contribution in [2.75, 3.05) is 31.6 Å². The van der Waals surface area contributed by atoms with Gasteiger partial charge in [-0.05, 0) is 29.7 Å². The van der Waals surface area contributed by atoms with Crippen LogP contribution in [0, 0.1) is 0 Å². The van der Waals surface area contributed by atoms with Crippen LogP contribution in [0.4, 0.5) is 5.82 Å². The van der Waals surface area contributed by atoms with Crippen molar-refractivity contribution >= 4 is 11.7 Å². The monoisotopic (exact) mass is 480 g/mol. The van der Waals surface area contributed by atoms with E-state index in [0.29, 0.717) is 43.8 Å². The molecule has 4 heterocycles. The van der Waals surface area contributed by atoms with Crippen LogP contribution in [-0.4, -0.2) is 69.3 Å². The average Bonchev–Trinajstić information content (AvgIpc) is 3.33. The molecule has 1 saturated heterocycles. The van der Waals surface area contributed by atoms with E-state index in [1.807, 2.05) is 6.07 Å². The van der Waals surface area contributed by atoms with E-state index >= 15 is 0 Å². The summed E-state index contributed by atoms with van der Waals surface area (Å²) in [6.45, 7) is 3.50. The van der Waals surface area contributed by atoms with Crippen molar-refractivity contribution in [3.05, 3.63) is 65.3 Å². The smallest absolute Gasteiger partial charge is 0.267 e.